The summed E-state index contributed by atoms with van der Waals surface area (Å²) in [4.78, 5) is 25.7. The van der Waals surface area contributed by atoms with E-state index in [1.54, 1.807) is 4.90 Å². The molecule has 0 spiro atoms. The summed E-state index contributed by atoms with van der Waals surface area (Å²) in [7, 11) is 0. The van der Waals surface area contributed by atoms with Crippen molar-refractivity contribution in [2.45, 2.75) is 46.1 Å². The van der Waals surface area contributed by atoms with Gasteiger partial charge in [0.2, 0.25) is 5.91 Å². The number of carbonyl (C=O) groups excluding carboxylic acids is 1. The average molecular weight is 303 g/mol. The summed E-state index contributed by atoms with van der Waals surface area (Å²) < 4.78 is 0. The van der Waals surface area contributed by atoms with Gasteiger partial charge in [0.05, 0.1) is 5.92 Å². The highest BCUT2D eigenvalue weighted by Crippen LogP contribution is 2.26. The number of hydrogen-bond donors (Lipinski definition) is 1. The van der Waals surface area contributed by atoms with Crippen molar-refractivity contribution < 1.29 is 14.7 Å². The zero-order valence-electron chi connectivity index (χ0n) is 13.6. The van der Waals surface area contributed by atoms with Gasteiger partial charge in [0.15, 0.2) is 0 Å². The lowest BCUT2D eigenvalue weighted by Gasteiger charge is -2.39. The first-order valence-electron chi connectivity index (χ1n) is 7.99. The maximum atomic E-state index is 12.7. The lowest BCUT2D eigenvalue weighted by Crippen LogP contribution is -2.50. The molecule has 1 fully saturated rings. The normalized spacial score (nSPS) is 23.1. The van der Waals surface area contributed by atoms with Gasteiger partial charge in [-0.25, -0.2) is 0 Å². The molecule has 1 unspecified atom stereocenters. The van der Waals surface area contributed by atoms with Crippen LogP contribution in [-0.4, -0.2) is 34.5 Å². The van der Waals surface area contributed by atoms with E-state index in [0.29, 0.717) is 19.4 Å². The maximum absolute atomic E-state index is 12.7. The Labute approximate surface area is 132 Å². The Morgan fingerprint density at radius 3 is 2.55 bits per heavy atom. The van der Waals surface area contributed by atoms with Crippen molar-refractivity contribution in [3.05, 3.63) is 35.4 Å². The zero-order chi connectivity index (χ0) is 16.3. The Bertz CT molecular complexity index is 538. The minimum absolute atomic E-state index is 0.0685. The third kappa shape index (κ3) is 3.67. The molecule has 0 aromatic heterocycles. The maximum Gasteiger partial charge on any atom is 0.308 e. The molecule has 4 nitrogen and oxygen atoms in total. The van der Waals surface area contributed by atoms with Crippen LogP contribution in [0.2, 0.25) is 0 Å². The lowest BCUT2D eigenvalue weighted by atomic mass is 9.88. The number of aliphatic carboxylic acids is 1. The molecule has 4 heteroatoms. The van der Waals surface area contributed by atoms with Crippen molar-refractivity contribution >= 4 is 11.9 Å². The van der Waals surface area contributed by atoms with Crippen LogP contribution >= 0.6 is 0 Å². The van der Waals surface area contributed by atoms with Crippen LogP contribution in [0, 0.1) is 18.8 Å². The quantitative estimate of drug-likeness (QED) is 0.930. The van der Waals surface area contributed by atoms with Gasteiger partial charge >= 0.3 is 5.97 Å². The van der Waals surface area contributed by atoms with Gasteiger partial charge in [0.1, 0.15) is 0 Å². The number of carboxylic acid groups (broad SMARTS) is 1. The van der Waals surface area contributed by atoms with E-state index in [0.717, 1.165) is 12.0 Å². The molecule has 0 saturated carbocycles. The average Bonchev–Trinajstić information content (AvgIpc) is 2.48. The molecule has 0 bridgehead atoms. The highest BCUT2D eigenvalue weighted by atomic mass is 16.4. The van der Waals surface area contributed by atoms with Crippen molar-refractivity contribution in [3.63, 3.8) is 0 Å². The summed E-state index contributed by atoms with van der Waals surface area (Å²) in [6.07, 6.45) is 2.12. The number of carbonyl (C=O) groups is 2. The molecule has 0 aliphatic carbocycles. The molecule has 1 N–H and O–H groups in total. The monoisotopic (exact) mass is 303 g/mol. The predicted octanol–water partition coefficient (Wildman–Crippen LogP) is 2.89. The summed E-state index contributed by atoms with van der Waals surface area (Å²) in [5.41, 5.74) is 2.35. The lowest BCUT2D eigenvalue weighted by molar-refractivity contribution is -0.150. The molecule has 1 amide bonds. The third-order valence-electron chi connectivity index (χ3n) is 4.67. The van der Waals surface area contributed by atoms with Crippen molar-refractivity contribution in [2.24, 2.45) is 11.8 Å². The van der Waals surface area contributed by atoms with Crippen molar-refractivity contribution in [3.8, 4) is 0 Å². The predicted molar refractivity (Wildman–Crippen MR) is 85.6 cm³/mol. The molecule has 1 heterocycles. The smallest absolute Gasteiger partial charge is 0.308 e. The molecule has 1 aliphatic rings. The molecule has 120 valence electrons. The fourth-order valence-corrected chi connectivity index (χ4v) is 3.23. The Kier molecular flexibility index (Phi) is 5.22. The number of benzene rings is 1. The number of aryl methyl sites for hydroxylation is 1. The molecule has 22 heavy (non-hydrogen) atoms. The van der Waals surface area contributed by atoms with Gasteiger partial charge in [-0.05, 0) is 38.7 Å². The molecule has 3 atom stereocenters. The number of amides is 1. The van der Waals surface area contributed by atoms with Crippen LogP contribution < -0.4 is 0 Å². The van der Waals surface area contributed by atoms with Crippen LogP contribution in [0.5, 0.6) is 0 Å². The van der Waals surface area contributed by atoms with Gasteiger partial charge < -0.3 is 10.0 Å². The van der Waals surface area contributed by atoms with E-state index in [-0.39, 0.29) is 17.9 Å². The Hall–Kier alpha value is -1.84. The van der Waals surface area contributed by atoms with Crippen LogP contribution in [0.3, 0.4) is 0 Å². The number of carboxylic acids is 1. The number of nitrogens with zero attached hydrogens (tertiary/aromatic N) is 1. The fourth-order valence-electron chi connectivity index (χ4n) is 3.23. The minimum Gasteiger partial charge on any atom is -0.481 e. The van der Waals surface area contributed by atoms with Crippen LogP contribution in [-0.2, 0) is 16.0 Å². The summed E-state index contributed by atoms with van der Waals surface area (Å²) in [6.45, 7) is 6.50. The van der Waals surface area contributed by atoms with Crippen LogP contribution in [0.25, 0.3) is 0 Å². The van der Waals surface area contributed by atoms with Crippen LogP contribution in [0.4, 0.5) is 0 Å². The number of likely N-dealkylation sites (tertiary alicyclic amines) is 1. The van der Waals surface area contributed by atoms with E-state index >= 15 is 0 Å². The minimum atomic E-state index is -0.795. The standard InChI is InChI=1S/C18H25NO3/c1-12-6-8-15(9-7-12)11-13(2)17(20)19-10-4-5-16(14(19)3)18(21)22/h6-9,13-14,16H,4-5,10-11H2,1-3H3,(H,21,22)/t13?,14-,16-/m0/s1. The summed E-state index contributed by atoms with van der Waals surface area (Å²) in [6, 6.07) is 7.99. The Morgan fingerprint density at radius 1 is 1.32 bits per heavy atom. The number of hydrogen-bond acceptors (Lipinski definition) is 2. The number of rotatable bonds is 4. The molecule has 1 aliphatic heterocycles. The van der Waals surface area contributed by atoms with Crippen LogP contribution in [0.15, 0.2) is 24.3 Å². The van der Waals surface area contributed by atoms with E-state index in [4.69, 9.17) is 0 Å². The van der Waals surface area contributed by atoms with Crippen molar-refractivity contribution in [1.29, 1.82) is 0 Å². The van der Waals surface area contributed by atoms with Gasteiger partial charge in [-0.2, -0.15) is 0 Å². The zero-order valence-corrected chi connectivity index (χ0v) is 13.6. The van der Waals surface area contributed by atoms with Gasteiger partial charge in [-0.15, -0.1) is 0 Å². The van der Waals surface area contributed by atoms with E-state index in [1.165, 1.54) is 5.56 Å². The van der Waals surface area contributed by atoms with E-state index in [2.05, 4.69) is 24.3 Å². The van der Waals surface area contributed by atoms with Crippen molar-refractivity contribution in [2.75, 3.05) is 6.54 Å². The second kappa shape index (κ2) is 6.95. The van der Waals surface area contributed by atoms with Gasteiger partial charge in [0.25, 0.3) is 0 Å². The van der Waals surface area contributed by atoms with Crippen molar-refractivity contribution in [1.82, 2.24) is 4.90 Å². The molecule has 0 radical (unpaired) electrons. The van der Waals surface area contributed by atoms with Gasteiger partial charge in [-0.1, -0.05) is 36.8 Å². The van der Waals surface area contributed by atoms with E-state index in [1.807, 2.05) is 20.8 Å². The topological polar surface area (TPSA) is 57.6 Å². The first kappa shape index (κ1) is 16.5. The Morgan fingerprint density at radius 2 is 1.95 bits per heavy atom. The largest absolute Gasteiger partial charge is 0.481 e. The highest BCUT2D eigenvalue weighted by molar-refractivity contribution is 5.80. The fraction of sp³-hybridized carbons (Fsp3) is 0.556. The van der Waals surface area contributed by atoms with Gasteiger partial charge in [0, 0.05) is 18.5 Å². The SMILES string of the molecule is Cc1ccc(CC(C)C(=O)N2CCC[C@H](C(=O)O)[C@@H]2C)cc1. The Balaban J connectivity index is 2.03. The summed E-state index contributed by atoms with van der Waals surface area (Å²) >= 11 is 0. The van der Waals surface area contributed by atoms with E-state index < -0.39 is 11.9 Å². The molecular weight excluding hydrogens is 278 g/mol. The third-order valence-corrected chi connectivity index (χ3v) is 4.67. The molecular formula is C18H25NO3. The van der Waals surface area contributed by atoms with E-state index in [9.17, 15) is 14.7 Å². The highest BCUT2D eigenvalue weighted by Gasteiger charge is 2.36. The van der Waals surface area contributed by atoms with Crippen LogP contribution in [0.1, 0.15) is 37.8 Å². The second-order valence-electron chi connectivity index (χ2n) is 6.45. The molecule has 1 saturated heterocycles. The summed E-state index contributed by atoms with van der Waals surface area (Å²) in [5, 5.41) is 9.27. The first-order chi connectivity index (χ1) is 10.4. The molecule has 1 aromatic carbocycles. The molecule has 1 aromatic rings. The summed E-state index contributed by atoms with van der Waals surface area (Å²) in [5.74, 6) is -1.29. The van der Waals surface area contributed by atoms with Gasteiger partial charge in [-0.3, -0.25) is 9.59 Å². The number of piperidine rings is 1. The molecule has 2 rings (SSSR count). The second-order valence-corrected chi connectivity index (χ2v) is 6.45. The first-order valence-corrected chi connectivity index (χ1v) is 7.99.